The van der Waals surface area contributed by atoms with Gasteiger partial charge in [0.25, 0.3) is 16.7 Å². The summed E-state index contributed by atoms with van der Waals surface area (Å²) in [5, 5.41) is 64.4. The lowest BCUT2D eigenvalue weighted by Gasteiger charge is -2.35. The zero-order valence-corrected chi connectivity index (χ0v) is 69.3. The van der Waals surface area contributed by atoms with Crippen molar-refractivity contribution in [1.82, 2.24) is 87.6 Å². The van der Waals surface area contributed by atoms with Crippen LogP contribution in [-0.2, 0) is 61.0 Å². The number of fused-ring (bicyclic) bond motifs is 18. The maximum Gasteiger partial charge on any atom is 0.278 e. The monoisotopic (exact) mass is 1640 g/mol. The normalized spacial score (nSPS) is 20.6. The number of aromatic nitrogens is 15. The molecule has 6 bridgehead atoms. The first-order chi connectivity index (χ1) is 58.5. The molecule has 6 aliphatic rings. The fourth-order valence-corrected chi connectivity index (χ4v) is 16.3. The van der Waals surface area contributed by atoms with E-state index >= 15 is 0 Å². The summed E-state index contributed by atoms with van der Waals surface area (Å²) in [6.07, 6.45) is 19.9. The van der Waals surface area contributed by atoms with Crippen LogP contribution in [0.2, 0.25) is 0 Å². The number of aliphatic hydroxyl groups is 5. The van der Waals surface area contributed by atoms with Gasteiger partial charge in [0.15, 0.2) is 34.4 Å². The van der Waals surface area contributed by atoms with E-state index in [0.717, 1.165) is 124 Å². The molecule has 0 unspecified atom stereocenters. The minimum absolute atomic E-state index is 0.0845. The van der Waals surface area contributed by atoms with Gasteiger partial charge in [-0.15, -0.1) is 0 Å². The van der Waals surface area contributed by atoms with Crippen molar-refractivity contribution in [2.45, 2.75) is 116 Å². The Morgan fingerprint density at radius 2 is 0.686 bits per heavy atom. The molecule has 9 aromatic heterocycles. The number of anilines is 9. The van der Waals surface area contributed by atoms with Crippen molar-refractivity contribution >= 4 is 85.1 Å². The molecule has 0 amide bonds. The van der Waals surface area contributed by atoms with E-state index in [-0.39, 0.29) is 29.9 Å². The number of allylic oxidation sites excluding steroid dienone is 6. The van der Waals surface area contributed by atoms with E-state index in [0.29, 0.717) is 150 Å². The van der Waals surface area contributed by atoms with Gasteiger partial charge in [0, 0.05) is 155 Å². The third-order valence-corrected chi connectivity index (χ3v) is 23.4. The van der Waals surface area contributed by atoms with Crippen molar-refractivity contribution < 1.29 is 30.3 Å². The molecule has 3 atom stereocenters. The van der Waals surface area contributed by atoms with Crippen LogP contribution >= 0.6 is 0 Å². The van der Waals surface area contributed by atoms with Crippen molar-refractivity contribution in [2.24, 2.45) is 0 Å². The Hall–Kier alpha value is -12.2. The number of methoxy groups -OCH3 is 1. The highest BCUT2D eigenvalue weighted by molar-refractivity contribution is 5.80. The first-order valence-electron chi connectivity index (χ1n) is 41.2. The second-order valence-corrected chi connectivity index (χ2v) is 32.4. The number of rotatable bonds is 13. The first kappa shape index (κ1) is 82.5. The number of nitrogens with one attached hydrogen (secondary N) is 3. The van der Waals surface area contributed by atoms with E-state index in [1.54, 1.807) is 86.4 Å². The van der Waals surface area contributed by atoms with Gasteiger partial charge >= 0.3 is 0 Å². The second kappa shape index (κ2) is 35.2. The van der Waals surface area contributed by atoms with Gasteiger partial charge in [-0.25, -0.2) is 58.0 Å². The standard InChI is InChI=1S/C30H36N8O3.2C29H34N8O3/c1-30(40)12-5-4-6-13-37-28(39)23-19-31-29(34-27(23)38(37)26-9-7-8-25(30)33-26)32-22-10-11-24(21(18-22)20-41-3)36-16-14-35(2)15-17-36;2*1-29(40)11-4-3-5-12-36-27(39)22-18-30-28(33-26(22)37(36)25-8-6-7-24(29)32-25)31-21-9-10-23(20(17-21)19-38)35-15-13-34(2)14-16-35/h4,6-11,18-19,40H,5,12-17,20H2,1-3H3,(H,31,32,34);2*3,5-10,17-18,38,40H,4,11-16,19H2,1-2H3,(H,30,31,33)/b6-4-;2*5-3-/t30-;2*29-/m010/s1. The number of benzene rings is 3. The molecular weight excluding hydrogens is 1540 g/mol. The molecule has 33 heteroatoms. The number of hydrogen-bond acceptors (Lipinski definition) is 27. The van der Waals surface area contributed by atoms with Crippen LogP contribution in [0.1, 0.15) is 93.1 Å². The zero-order chi connectivity index (χ0) is 84.3. The quantitative estimate of drug-likeness (QED) is 0.0504. The Balaban J connectivity index is 0.000000135. The van der Waals surface area contributed by atoms with Gasteiger partial charge in [0.2, 0.25) is 17.8 Å². The SMILES string of the molecule is CN1CCN(c2ccc(Nc3ncc4c(=O)n5n(c4n3)-c3cccc(n3)[C@@](C)(O)CC/C=C\C5)cc2CO)CC1.CN1CCN(c2ccc(Nc3ncc4c(=O)n5n(c4n3)-c3cccc(n3)[C@](C)(O)CC/C=C\C5)cc2CO)CC1.COCc1cc(Nc2ncc3c(=O)n4n(c3n2)-c2cccc(n2)[C@@](C)(O)CC/C=C\C4)ccc1N1CCN(C)CC1. The fraction of sp³-hybridized carbons (Fsp3) is 0.386. The van der Waals surface area contributed by atoms with Gasteiger partial charge in [-0.2, -0.15) is 15.0 Å². The minimum atomic E-state index is -1.11. The van der Waals surface area contributed by atoms with E-state index in [1.165, 1.54) is 18.1 Å². The van der Waals surface area contributed by atoms with Crippen molar-refractivity contribution in [3.8, 4) is 17.5 Å². The summed E-state index contributed by atoms with van der Waals surface area (Å²) >= 11 is 0. The number of nitrogens with zero attached hydrogens (tertiary/aromatic N) is 21. The van der Waals surface area contributed by atoms with Crippen LogP contribution in [0, 0.1) is 0 Å². The van der Waals surface area contributed by atoms with Crippen LogP contribution < -0.4 is 47.3 Å². The molecule has 0 spiro atoms. The Labute approximate surface area is 699 Å². The second-order valence-electron chi connectivity index (χ2n) is 32.4. The average molecular weight is 1640 g/mol. The Morgan fingerprint density at radius 1 is 0.388 bits per heavy atom. The molecule has 3 saturated heterocycles. The van der Waals surface area contributed by atoms with Gasteiger partial charge in [0.1, 0.15) is 33.0 Å². The summed E-state index contributed by atoms with van der Waals surface area (Å²) in [4.78, 5) is 96.0. The van der Waals surface area contributed by atoms with E-state index in [9.17, 15) is 39.9 Å². The predicted molar refractivity (Wildman–Crippen MR) is 467 cm³/mol. The lowest BCUT2D eigenvalue weighted by atomic mass is 9.95. The van der Waals surface area contributed by atoms with E-state index in [2.05, 4.69) is 93.6 Å². The van der Waals surface area contributed by atoms with Crippen LogP contribution in [0.4, 0.5) is 52.0 Å². The van der Waals surface area contributed by atoms with Gasteiger partial charge in [-0.1, -0.05) is 54.7 Å². The molecule has 121 heavy (non-hydrogen) atoms. The maximum atomic E-state index is 13.4. The lowest BCUT2D eigenvalue weighted by molar-refractivity contribution is 0.0439. The van der Waals surface area contributed by atoms with Crippen LogP contribution in [0.5, 0.6) is 0 Å². The Bertz CT molecular complexity index is 5830. The third-order valence-electron chi connectivity index (χ3n) is 23.4. The molecule has 6 aliphatic heterocycles. The van der Waals surface area contributed by atoms with Gasteiger partial charge in [-0.3, -0.25) is 14.4 Å². The smallest absolute Gasteiger partial charge is 0.278 e. The average Bonchev–Trinajstić information content (AvgIpc) is 1.61. The third kappa shape index (κ3) is 17.6. The Kier molecular flexibility index (Phi) is 24.0. The van der Waals surface area contributed by atoms with Crippen LogP contribution in [-0.4, -0.2) is 220 Å². The van der Waals surface area contributed by atoms with E-state index < -0.39 is 16.8 Å². The van der Waals surface area contributed by atoms with Gasteiger partial charge in [0.05, 0.1) is 56.5 Å². The minimum Gasteiger partial charge on any atom is -0.392 e. The van der Waals surface area contributed by atoms with Gasteiger partial charge < -0.3 is 75.6 Å². The van der Waals surface area contributed by atoms with Crippen LogP contribution in [0.25, 0.3) is 50.6 Å². The number of piperazine rings is 3. The fourth-order valence-electron chi connectivity index (χ4n) is 16.3. The van der Waals surface area contributed by atoms with Gasteiger partial charge in [-0.05, 0) is 171 Å². The van der Waals surface area contributed by atoms with Crippen molar-refractivity contribution in [2.75, 3.05) is 137 Å². The highest BCUT2D eigenvalue weighted by Gasteiger charge is 2.32. The highest BCUT2D eigenvalue weighted by Crippen LogP contribution is 2.35. The number of likely N-dealkylation sites (N-methyl/N-ethyl adjacent to an activating group) is 3. The number of aliphatic hydroxyl groups excluding tert-OH is 2. The van der Waals surface area contributed by atoms with E-state index in [4.69, 9.17) is 34.6 Å². The number of hydrogen-bond donors (Lipinski definition) is 8. The van der Waals surface area contributed by atoms with Crippen molar-refractivity contribution in [1.29, 1.82) is 0 Å². The molecule has 0 radical (unpaired) electrons. The topological polar surface area (TPSA) is 363 Å². The molecule has 0 aliphatic carbocycles. The largest absolute Gasteiger partial charge is 0.392 e. The van der Waals surface area contributed by atoms with Crippen LogP contribution in [0.15, 0.2) is 179 Å². The molecule has 15 heterocycles. The molecule has 3 aromatic carbocycles. The maximum absolute atomic E-state index is 13.4. The first-order valence-corrected chi connectivity index (χ1v) is 41.2. The Morgan fingerprint density at radius 3 is 0.983 bits per heavy atom. The summed E-state index contributed by atoms with van der Waals surface area (Å²) in [6, 6.07) is 34.3. The lowest BCUT2D eigenvalue weighted by Crippen LogP contribution is -2.44. The van der Waals surface area contributed by atoms with Crippen LogP contribution in [0.3, 0.4) is 0 Å². The summed E-state index contributed by atoms with van der Waals surface area (Å²) < 4.78 is 15.4. The summed E-state index contributed by atoms with van der Waals surface area (Å²) in [6.45, 7) is 18.1. The molecular formula is C88H104N24O9. The number of pyridine rings is 3. The summed E-state index contributed by atoms with van der Waals surface area (Å²) in [7, 11) is 8.08. The summed E-state index contributed by atoms with van der Waals surface area (Å²) in [5.41, 5.74) is 7.16. The molecule has 8 N–H and O–H groups in total. The molecule has 0 saturated carbocycles. The molecule has 33 nitrogen and oxygen atoms in total. The van der Waals surface area contributed by atoms with Crippen molar-refractivity contribution in [3.63, 3.8) is 0 Å². The molecule has 3 fully saturated rings. The number of ether oxygens (including phenoxy) is 1. The molecule has 630 valence electrons. The van der Waals surface area contributed by atoms with E-state index in [1.807, 2.05) is 109 Å². The zero-order valence-electron chi connectivity index (χ0n) is 69.3. The highest BCUT2D eigenvalue weighted by atomic mass is 16.5. The molecule has 18 rings (SSSR count). The molecule has 12 aromatic rings. The summed E-state index contributed by atoms with van der Waals surface area (Å²) in [5.74, 6) is 2.49. The van der Waals surface area contributed by atoms with Crippen molar-refractivity contribution in [3.05, 3.63) is 229 Å². The predicted octanol–water partition coefficient (Wildman–Crippen LogP) is 8.22.